The molecule has 3 atom stereocenters. The van der Waals surface area contributed by atoms with E-state index in [1.165, 1.54) is 0 Å². The van der Waals surface area contributed by atoms with Crippen LogP contribution in [0, 0.1) is 0 Å². The molecule has 1 aliphatic heterocycles. The van der Waals surface area contributed by atoms with E-state index in [9.17, 15) is 9.90 Å². The Morgan fingerprint density at radius 1 is 0.771 bits per heavy atom. The van der Waals surface area contributed by atoms with Crippen LogP contribution < -0.4 is 15.4 Å². The molecule has 2 amide bonds. The lowest BCUT2D eigenvalue weighted by molar-refractivity contribution is -0.245. The van der Waals surface area contributed by atoms with Crippen LogP contribution in [-0.4, -0.2) is 30.1 Å². The second-order valence-corrected chi connectivity index (χ2v) is 12.7. The van der Waals surface area contributed by atoms with Gasteiger partial charge in [-0.05, 0) is 45.5 Å². The minimum atomic E-state index is -0.552. The molecule has 7 nitrogen and oxygen atoms in total. The summed E-state index contributed by atoms with van der Waals surface area (Å²) in [6, 6.07) is 41.9. The quantitative estimate of drug-likeness (QED) is 0.117. The normalized spacial score (nSPS) is 17.4. The summed E-state index contributed by atoms with van der Waals surface area (Å²) in [4.78, 5) is 13.6. The number of ether oxygens (including phenoxy) is 3. The van der Waals surface area contributed by atoms with Crippen molar-refractivity contribution in [3.05, 3.63) is 155 Å². The summed E-state index contributed by atoms with van der Waals surface area (Å²) in [5, 5.41) is 15.5. The second kappa shape index (κ2) is 16.5. The van der Waals surface area contributed by atoms with Crippen molar-refractivity contribution < 1.29 is 24.1 Å². The molecule has 0 bridgehead atoms. The fourth-order valence-corrected chi connectivity index (χ4v) is 6.78. The number of methoxy groups -OCH3 is 1. The number of amides is 2. The van der Waals surface area contributed by atoms with E-state index < -0.39 is 6.29 Å². The Hall–Kier alpha value is -4.60. The van der Waals surface area contributed by atoms with Crippen molar-refractivity contribution in [1.82, 2.24) is 10.6 Å². The highest BCUT2D eigenvalue weighted by Gasteiger charge is 2.32. The minimum Gasteiger partial charge on any atom is -0.496 e. The number of para-hydroxylation sites is 1. The van der Waals surface area contributed by atoms with E-state index in [2.05, 4.69) is 47.0 Å². The number of rotatable bonds is 12. The van der Waals surface area contributed by atoms with E-state index in [0.29, 0.717) is 19.5 Å². The third kappa shape index (κ3) is 8.65. The van der Waals surface area contributed by atoms with Crippen molar-refractivity contribution in [1.29, 1.82) is 0 Å². The number of carbonyl (C=O) groups excluding carboxylic acids is 1. The zero-order valence-electron chi connectivity index (χ0n) is 26.9. The highest BCUT2D eigenvalue weighted by atomic mass is 32.2. The molecule has 5 aromatic carbocycles. The lowest BCUT2D eigenvalue weighted by atomic mass is 9.98. The second-order valence-electron chi connectivity index (χ2n) is 11.6. The molecular formula is C40H40N2O5S. The first-order valence-corrected chi connectivity index (χ1v) is 17.1. The van der Waals surface area contributed by atoms with Crippen LogP contribution in [-0.2, 0) is 29.2 Å². The van der Waals surface area contributed by atoms with Gasteiger partial charge in [-0.15, -0.1) is 11.8 Å². The number of hydrogen-bond donors (Lipinski definition) is 3. The van der Waals surface area contributed by atoms with Gasteiger partial charge in [0.2, 0.25) is 0 Å². The van der Waals surface area contributed by atoms with Gasteiger partial charge in [0.15, 0.2) is 6.29 Å². The van der Waals surface area contributed by atoms with Crippen LogP contribution in [0.4, 0.5) is 4.79 Å². The largest absolute Gasteiger partial charge is 0.496 e. The molecule has 5 aromatic rings. The highest BCUT2D eigenvalue weighted by Crippen LogP contribution is 2.41. The van der Waals surface area contributed by atoms with Crippen LogP contribution in [0.25, 0.3) is 11.1 Å². The molecule has 3 N–H and O–H groups in total. The average molecular weight is 661 g/mol. The molecule has 0 spiro atoms. The van der Waals surface area contributed by atoms with E-state index in [-0.39, 0.29) is 24.8 Å². The Bertz CT molecular complexity index is 1770. The molecule has 0 aliphatic carbocycles. The number of aliphatic hydroxyl groups is 1. The Balaban J connectivity index is 1.15. The fraction of sp³-hybridized carbons (Fsp3) is 0.225. The number of hydrogen-bond acceptors (Lipinski definition) is 6. The molecule has 1 aliphatic rings. The van der Waals surface area contributed by atoms with E-state index in [1.807, 2.05) is 91.0 Å². The molecule has 1 fully saturated rings. The number of thioether (sulfide) groups is 1. The van der Waals surface area contributed by atoms with Crippen LogP contribution in [0.2, 0.25) is 0 Å². The van der Waals surface area contributed by atoms with Gasteiger partial charge in [-0.3, -0.25) is 0 Å². The number of urea groups is 1. The summed E-state index contributed by atoms with van der Waals surface area (Å²) in [7, 11) is 1.69. The Morgan fingerprint density at radius 3 is 2.23 bits per heavy atom. The summed E-state index contributed by atoms with van der Waals surface area (Å²) >= 11 is 1.72. The lowest BCUT2D eigenvalue weighted by Crippen LogP contribution is -2.34. The van der Waals surface area contributed by atoms with Gasteiger partial charge in [-0.2, -0.15) is 0 Å². The molecule has 246 valence electrons. The van der Waals surface area contributed by atoms with Gasteiger partial charge < -0.3 is 30.0 Å². The Kier molecular flexibility index (Phi) is 11.4. The number of benzene rings is 5. The number of nitrogens with one attached hydrogen (secondary N) is 2. The predicted molar refractivity (Wildman–Crippen MR) is 190 cm³/mol. The first-order chi connectivity index (χ1) is 23.6. The van der Waals surface area contributed by atoms with Crippen LogP contribution in [0.15, 0.2) is 132 Å². The van der Waals surface area contributed by atoms with Crippen molar-refractivity contribution >= 4 is 17.8 Å². The molecule has 8 heteroatoms. The molecule has 0 aromatic heterocycles. The molecule has 6 rings (SSSR count). The summed E-state index contributed by atoms with van der Waals surface area (Å²) < 4.78 is 18.7. The van der Waals surface area contributed by atoms with Gasteiger partial charge >= 0.3 is 6.03 Å². The third-order valence-electron chi connectivity index (χ3n) is 8.36. The van der Waals surface area contributed by atoms with Gasteiger partial charge in [0, 0.05) is 35.7 Å². The predicted octanol–water partition coefficient (Wildman–Crippen LogP) is 8.19. The van der Waals surface area contributed by atoms with Crippen molar-refractivity contribution in [2.24, 2.45) is 0 Å². The zero-order chi connectivity index (χ0) is 33.1. The van der Waals surface area contributed by atoms with Crippen molar-refractivity contribution in [3.63, 3.8) is 0 Å². The maximum absolute atomic E-state index is 12.5. The first-order valence-electron chi connectivity index (χ1n) is 16.1. The fourth-order valence-electron chi connectivity index (χ4n) is 5.74. The minimum absolute atomic E-state index is 0.00269. The van der Waals surface area contributed by atoms with Gasteiger partial charge in [-0.25, -0.2) is 4.79 Å². The molecule has 0 radical (unpaired) electrons. The van der Waals surface area contributed by atoms with Crippen molar-refractivity contribution in [2.45, 2.75) is 49.5 Å². The van der Waals surface area contributed by atoms with E-state index >= 15 is 0 Å². The van der Waals surface area contributed by atoms with Crippen molar-refractivity contribution in [3.8, 4) is 16.9 Å². The topological polar surface area (TPSA) is 89.0 Å². The third-order valence-corrected chi connectivity index (χ3v) is 9.54. The molecule has 1 heterocycles. The maximum Gasteiger partial charge on any atom is 0.315 e. The monoisotopic (exact) mass is 660 g/mol. The first kappa shape index (κ1) is 33.3. The van der Waals surface area contributed by atoms with Gasteiger partial charge in [0.1, 0.15) is 5.75 Å². The summed E-state index contributed by atoms with van der Waals surface area (Å²) in [5.41, 5.74) is 7.00. The summed E-state index contributed by atoms with van der Waals surface area (Å²) in [5.74, 6) is 1.59. The zero-order valence-corrected chi connectivity index (χ0v) is 27.7. The molecule has 0 unspecified atom stereocenters. The van der Waals surface area contributed by atoms with Crippen LogP contribution in [0.3, 0.4) is 0 Å². The molecule has 1 saturated heterocycles. The van der Waals surface area contributed by atoms with Crippen LogP contribution in [0.5, 0.6) is 5.75 Å². The summed E-state index contributed by atoms with van der Waals surface area (Å²) in [6.07, 6.45) is -0.0853. The van der Waals surface area contributed by atoms with Crippen molar-refractivity contribution in [2.75, 3.05) is 12.9 Å². The van der Waals surface area contributed by atoms with Crippen LogP contribution >= 0.6 is 11.8 Å². The van der Waals surface area contributed by atoms with Gasteiger partial charge in [0.05, 0.1) is 25.9 Å². The van der Waals surface area contributed by atoms with E-state index in [4.69, 9.17) is 14.2 Å². The maximum atomic E-state index is 12.5. The SMILES string of the molecule is COc1ccccc1SC[C@H]1C[C@@H](c2ccc(CO)cc2)O[C@@H](c2ccc(-c3ccccc3CNC(=O)NCc3ccccc3)cc2)O1. The van der Waals surface area contributed by atoms with Crippen LogP contribution in [0.1, 0.15) is 46.6 Å². The van der Waals surface area contributed by atoms with E-state index in [1.54, 1.807) is 18.9 Å². The highest BCUT2D eigenvalue weighted by molar-refractivity contribution is 7.99. The van der Waals surface area contributed by atoms with E-state index in [0.717, 1.165) is 55.3 Å². The van der Waals surface area contributed by atoms with Gasteiger partial charge in [0.25, 0.3) is 0 Å². The van der Waals surface area contributed by atoms with Gasteiger partial charge in [-0.1, -0.05) is 115 Å². The smallest absolute Gasteiger partial charge is 0.315 e. The Morgan fingerprint density at radius 2 is 1.46 bits per heavy atom. The number of aliphatic hydroxyl groups excluding tert-OH is 1. The molecular weight excluding hydrogens is 621 g/mol. The molecule has 48 heavy (non-hydrogen) atoms. The lowest BCUT2D eigenvalue weighted by Gasteiger charge is -2.36. The number of carbonyl (C=O) groups is 1. The molecule has 0 saturated carbocycles. The summed E-state index contributed by atoms with van der Waals surface area (Å²) in [6.45, 7) is 0.869. The Labute approximate surface area is 286 Å². The standard InChI is InChI=1S/C40H40N2O5S/c1-45-36-13-7-8-14-38(36)48-27-34-23-37(31-17-15-29(26-43)16-18-31)47-39(46-34)32-21-19-30(20-22-32)35-12-6-5-11-33(35)25-42-40(44)41-24-28-9-3-2-4-10-28/h2-22,34,37,39,43H,23-27H2,1H3,(H2,41,42,44)/t34-,37+,39+/m1/s1. The average Bonchev–Trinajstić information content (AvgIpc) is 3.16.